The highest BCUT2D eigenvalue weighted by atomic mass is 35.5. The molecule has 0 bridgehead atoms. The number of carbonyl (C=O) groups is 1. The van der Waals surface area contributed by atoms with E-state index in [4.69, 9.17) is 11.6 Å². The average Bonchev–Trinajstić information content (AvgIpc) is 2.48. The molecule has 0 aliphatic carbocycles. The summed E-state index contributed by atoms with van der Waals surface area (Å²) in [5, 5.41) is 10.2. The van der Waals surface area contributed by atoms with Crippen molar-refractivity contribution >= 4 is 27.5 Å². The number of amides is 1. The number of nitrogens with one attached hydrogen (secondary N) is 2. The van der Waals surface area contributed by atoms with Crippen LogP contribution >= 0.6 is 11.6 Å². The first-order valence-electron chi connectivity index (χ1n) is 6.17. The Hall–Kier alpha value is -2.09. The van der Waals surface area contributed by atoms with Gasteiger partial charge in [-0.25, -0.2) is 8.42 Å². The molecular formula is C14H13ClN2O4S. The van der Waals surface area contributed by atoms with Crippen molar-refractivity contribution in [2.24, 2.45) is 0 Å². The molecule has 0 aliphatic heterocycles. The SMILES string of the molecule is Cc1cccc(C(=O)NNS(=O)(=O)c2ccc(Cl)cc2)c1O. The van der Waals surface area contributed by atoms with Gasteiger partial charge < -0.3 is 5.11 Å². The van der Waals surface area contributed by atoms with E-state index in [0.29, 0.717) is 10.6 Å². The molecule has 0 aromatic heterocycles. The van der Waals surface area contributed by atoms with Crippen molar-refractivity contribution in [1.82, 2.24) is 10.3 Å². The monoisotopic (exact) mass is 340 g/mol. The minimum Gasteiger partial charge on any atom is -0.507 e. The van der Waals surface area contributed by atoms with Gasteiger partial charge >= 0.3 is 0 Å². The second-order valence-corrected chi connectivity index (χ2v) is 6.60. The van der Waals surface area contributed by atoms with Crippen molar-refractivity contribution in [2.45, 2.75) is 11.8 Å². The van der Waals surface area contributed by atoms with E-state index in [-0.39, 0.29) is 16.2 Å². The molecule has 22 heavy (non-hydrogen) atoms. The van der Waals surface area contributed by atoms with Gasteiger partial charge in [0.15, 0.2) is 0 Å². The number of aryl methyl sites for hydroxylation is 1. The normalized spacial score (nSPS) is 11.2. The molecule has 0 radical (unpaired) electrons. The van der Waals surface area contributed by atoms with Crippen molar-refractivity contribution in [1.29, 1.82) is 0 Å². The Bertz CT molecular complexity index is 804. The third-order valence-corrected chi connectivity index (χ3v) is 4.42. The topological polar surface area (TPSA) is 95.5 Å². The number of sulfonamides is 1. The second-order valence-electron chi connectivity index (χ2n) is 4.48. The number of hydrogen-bond acceptors (Lipinski definition) is 4. The predicted octanol–water partition coefficient (Wildman–Crippen LogP) is 1.98. The first-order chi connectivity index (χ1) is 10.3. The van der Waals surface area contributed by atoms with Gasteiger partial charge in [-0.2, -0.15) is 0 Å². The van der Waals surface area contributed by atoms with Crippen LogP contribution < -0.4 is 10.3 Å². The van der Waals surface area contributed by atoms with Crippen LogP contribution in [0.25, 0.3) is 0 Å². The number of benzene rings is 2. The number of rotatable bonds is 4. The number of para-hydroxylation sites is 1. The zero-order chi connectivity index (χ0) is 16.3. The maximum atomic E-state index is 12.0. The third-order valence-electron chi connectivity index (χ3n) is 2.91. The fourth-order valence-corrected chi connectivity index (χ4v) is 2.66. The van der Waals surface area contributed by atoms with E-state index < -0.39 is 15.9 Å². The number of halogens is 1. The molecule has 0 aliphatic rings. The van der Waals surface area contributed by atoms with Crippen LogP contribution in [0, 0.1) is 6.92 Å². The Morgan fingerprint density at radius 1 is 1.14 bits per heavy atom. The predicted molar refractivity (Wildman–Crippen MR) is 82.1 cm³/mol. The highest BCUT2D eigenvalue weighted by Crippen LogP contribution is 2.21. The highest BCUT2D eigenvalue weighted by Gasteiger charge is 2.17. The molecule has 6 nitrogen and oxygen atoms in total. The Balaban J connectivity index is 2.13. The van der Waals surface area contributed by atoms with E-state index in [1.165, 1.54) is 30.3 Å². The number of phenols is 1. The molecule has 2 rings (SSSR count). The first kappa shape index (κ1) is 16.3. The van der Waals surface area contributed by atoms with Crippen molar-refractivity contribution < 1.29 is 18.3 Å². The molecular weight excluding hydrogens is 328 g/mol. The molecule has 1 amide bonds. The lowest BCUT2D eigenvalue weighted by Crippen LogP contribution is -2.41. The van der Waals surface area contributed by atoms with E-state index in [1.807, 2.05) is 4.83 Å². The minimum atomic E-state index is -3.93. The molecule has 3 N–H and O–H groups in total. The molecule has 0 unspecified atom stereocenters. The van der Waals surface area contributed by atoms with Crippen LogP contribution in [0.15, 0.2) is 47.4 Å². The quantitative estimate of drug-likeness (QED) is 0.741. The van der Waals surface area contributed by atoms with Crippen molar-refractivity contribution in [3.63, 3.8) is 0 Å². The molecule has 2 aromatic carbocycles. The summed E-state index contributed by atoms with van der Waals surface area (Å²) in [5.41, 5.74) is 2.53. The Kier molecular flexibility index (Phi) is 4.70. The number of carbonyl (C=O) groups excluding carboxylic acids is 1. The average molecular weight is 341 g/mol. The van der Waals surface area contributed by atoms with Gasteiger partial charge in [-0.1, -0.05) is 23.7 Å². The lowest BCUT2D eigenvalue weighted by atomic mass is 10.1. The summed E-state index contributed by atoms with van der Waals surface area (Å²) in [7, 11) is -3.93. The van der Waals surface area contributed by atoms with E-state index >= 15 is 0 Å². The van der Waals surface area contributed by atoms with E-state index in [0.717, 1.165) is 0 Å². The van der Waals surface area contributed by atoms with Crippen LogP contribution in [-0.4, -0.2) is 19.4 Å². The Labute approximate surface area is 132 Å². The zero-order valence-electron chi connectivity index (χ0n) is 11.5. The number of aromatic hydroxyl groups is 1. The zero-order valence-corrected chi connectivity index (χ0v) is 13.1. The number of phenolic OH excluding ortho intramolecular Hbond substituents is 1. The molecule has 8 heteroatoms. The van der Waals surface area contributed by atoms with Crippen LogP contribution in [0.2, 0.25) is 5.02 Å². The molecule has 0 atom stereocenters. The largest absolute Gasteiger partial charge is 0.507 e. The third kappa shape index (κ3) is 3.56. The summed E-state index contributed by atoms with van der Waals surface area (Å²) < 4.78 is 24.0. The Morgan fingerprint density at radius 2 is 1.77 bits per heavy atom. The number of hydrazine groups is 1. The van der Waals surface area contributed by atoms with Crippen LogP contribution in [-0.2, 0) is 10.0 Å². The molecule has 116 valence electrons. The number of hydrogen-bond donors (Lipinski definition) is 3. The lowest BCUT2D eigenvalue weighted by Gasteiger charge is -2.10. The lowest BCUT2D eigenvalue weighted by molar-refractivity contribution is 0.0942. The van der Waals surface area contributed by atoms with Gasteiger partial charge in [-0.15, -0.1) is 4.83 Å². The van der Waals surface area contributed by atoms with Crippen molar-refractivity contribution in [2.75, 3.05) is 0 Å². The van der Waals surface area contributed by atoms with Gasteiger partial charge in [0.1, 0.15) is 5.75 Å². The standard InChI is InChI=1S/C14H13ClN2O4S/c1-9-3-2-4-12(13(9)18)14(19)16-17-22(20,21)11-7-5-10(15)6-8-11/h2-8,17-18H,1H3,(H,16,19). The summed E-state index contributed by atoms with van der Waals surface area (Å²) in [6, 6.07) is 10.0. The van der Waals surface area contributed by atoms with E-state index in [1.54, 1.807) is 19.1 Å². The summed E-state index contributed by atoms with van der Waals surface area (Å²) in [6.07, 6.45) is 0. The maximum Gasteiger partial charge on any atom is 0.270 e. The van der Waals surface area contributed by atoms with E-state index in [9.17, 15) is 18.3 Å². The van der Waals surface area contributed by atoms with Crippen molar-refractivity contribution in [3.8, 4) is 5.75 Å². The van der Waals surface area contributed by atoms with Gasteiger partial charge in [0.2, 0.25) is 0 Å². The second kappa shape index (κ2) is 6.35. The smallest absolute Gasteiger partial charge is 0.270 e. The van der Waals surface area contributed by atoms with Crippen LogP contribution in [0.1, 0.15) is 15.9 Å². The first-order valence-corrected chi connectivity index (χ1v) is 8.03. The van der Waals surface area contributed by atoms with Crippen LogP contribution in [0.5, 0.6) is 5.75 Å². The van der Waals surface area contributed by atoms with Gasteiger partial charge in [0.25, 0.3) is 15.9 Å². The summed E-state index contributed by atoms with van der Waals surface area (Å²) in [5.74, 6) is -0.968. The van der Waals surface area contributed by atoms with Gasteiger partial charge in [0.05, 0.1) is 10.5 Å². The fraction of sp³-hybridized carbons (Fsp3) is 0.0714. The van der Waals surface area contributed by atoms with Gasteiger partial charge in [-0.05, 0) is 42.8 Å². The molecule has 0 saturated carbocycles. The van der Waals surface area contributed by atoms with Crippen LogP contribution in [0.4, 0.5) is 0 Å². The summed E-state index contributed by atoms with van der Waals surface area (Å²) in [4.78, 5) is 13.8. The van der Waals surface area contributed by atoms with Crippen molar-refractivity contribution in [3.05, 3.63) is 58.6 Å². The summed E-state index contributed by atoms with van der Waals surface area (Å²) >= 11 is 5.69. The van der Waals surface area contributed by atoms with Gasteiger partial charge in [-0.3, -0.25) is 10.2 Å². The molecule has 0 spiro atoms. The van der Waals surface area contributed by atoms with Gasteiger partial charge in [0, 0.05) is 5.02 Å². The molecule has 0 fully saturated rings. The molecule has 0 saturated heterocycles. The maximum absolute atomic E-state index is 12.0. The molecule has 0 heterocycles. The van der Waals surface area contributed by atoms with Crippen LogP contribution in [0.3, 0.4) is 0 Å². The van der Waals surface area contributed by atoms with E-state index in [2.05, 4.69) is 5.43 Å². The molecule has 2 aromatic rings. The Morgan fingerprint density at radius 3 is 2.41 bits per heavy atom. The highest BCUT2D eigenvalue weighted by molar-refractivity contribution is 7.89. The fourth-order valence-electron chi connectivity index (χ4n) is 1.70. The summed E-state index contributed by atoms with van der Waals surface area (Å²) in [6.45, 7) is 1.63. The minimum absolute atomic E-state index is 0.0289.